The second-order valence-electron chi connectivity index (χ2n) is 11.2. The zero-order valence-electron chi connectivity index (χ0n) is 23.4. The lowest BCUT2D eigenvalue weighted by molar-refractivity contribution is -0.158. The zero-order valence-corrected chi connectivity index (χ0v) is 24.2. The molecule has 6 N–H and O–H groups in total. The lowest BCUT2D eigenvalue weighted by atomic mass is 9.78. The molecule has 0 bridgehead atoms. The molecule has 0 radical (unpaired) electrons. The van der Waals surface area contributed by atoms with Crippen LogP contribution < -0.4 is 21.7 Å². The summed E-state index contributed by atoms with van der Waals surface area (Å²) >= 11 is 1.41. The minimum Gasteiger partial charge on any atom is -0.477 e. The van der Waals surface area contributed by atoms with Crippen molar-refractivity contribution in [3.05, 3.63) is 16.9 Å². The van der Waals surface area contributed by atoms with E-state index in [1.807, 2.05) is 6.92 Å². The van der Waals surface area contributed by atoms with E-state index in [2.05, 4.69) is 31.5 Å². The van der Waals surface area contributed by atoms with Crippen molar-refractivity contribution in [2.75, 3.05) is 26.2 Å². The lowest BCUT2D eigenvalue weighted by Crippen LogP contribution is -2.66. The number of aromatic nitrogens is 4. The van der Waals surface area contributed by atoms with Gasteiger partial charge in [-0.15, -0.1) is 16.9 Å². The standard InChI is InChI=1S/C25H36N10O6S/c1-12-20-19(13(2)29-18(37)10-34-11-28-31-32-34)24(39)35(20)21(25(40)41)22(12)42-15-7-16(27-8-15)23(38)33-6-4-14(9-33)30-17(36)3-5-26/h11-16,19-20,27H,3-10,26H2,1-2H3,(H,29,37)(H,30,36)(H,40,41)/t12-,13?,14-,15+,16?,19-,20-/m1/s1. The molecule has 3 saturated heterocycles. The van der Waals surface area contributed by atoms with E-state index < -0.39 is 30.0 Å². The monoisotopic (exact) mass is 604 g/mol. The number of likely N-dealkylation sites (tertiary alicyclic amines) is 1. The smallest absolute Gasteiger partial charge is 0.353 e. The molecule has 228 valence electrons. The third-order valence-corrected chi connectivity index (χ3v) is 9.85. The van der Waals surface area contributed by atoms with E-state index in [1.54, 1.807) is 11.8 Å². The number of hydrogen-bond donors (Lipinski definition) is 5. The van der Waals surface area contributed by atoms with Gasteiger partial charge in [0.15, 0.2) is 0 Å². The molecule has 1 aromatic heterocycles. The zero-order chi connectivity index (χ0) is 30.1. The minimum atomic E-state index is -1.17. The van der Waals surface area contributed by atoms with Crippen molar-refractivity contribution in [3.63, 3.8) is 0 Å². The largest absolute Gasteiger partial charge is 0.477 e. The van der Waals surface area contributed by atoms with Gasteiger partial charge in [-0.05, 0) is 30.2 Å². The number of thioether (sulfide) groups is 1. The Kier molecular flexibility index (Phi) is 8.79. The molecule has 0 aromatic carbocycles. The van der Waals surface area contributed by atoms with Gasteiger partial charge < -0.3 is 36.6 Å². The summed E-state index contributed by atoms with van der Waals surface area (Å²) in [4.78, 5) is 66.7. The normalized spacial score (nSPS) is 29.4. The SMILES string of the molecule is CC(NC(=O)Cn1cnnn1)[C@H]1C(=O)N2C(C(=O)O)=C(S[C@@H]3CNC(C(=O)N4CC[C@@H](NC(=O)CCN)C4)C3)[C@H](C)[C@H]12. The molecule has 4 aliphatic heterocycles. The second-order valence-corrected chi connectivity index (χ2v) is 12.5. The van der Waals surface area contributed by atoms with Crippen molar-refractivity contribution in [3.8, 4) is 0 Å². The molecular weight excluding hydrogens is 568 g/mol. The van der Waals surface area contributed by atoms with Crippen LogP contribution in [0.25, 0.3) is 0 Å². The number of carboxylic acid groups (broad SMARTS) is 1. The molecule has 2 unspecified atom stereocenters. The van der Waals surface area contributed by atoms with Gasteiger partial charge in [-0.25, -0.2) is 9.48 Å². The highest BCUT2D eigenvalue weighted by Gasteiger charge is 2.60. The molecule has 16 nitrogen and oxygen atoms in total. The molecule has 5 heterocycles. The Morgan fingerprint density at radius 1 is 1.29 bits per heavy atom. The fourth-order valence-electron chi connectivity index (χ4n) is 6.38. The number of rotatable bonds is 11. The quantitative estimate of drug-likeness (QED) is 0.165. The summed E-state index contributed by atoms with van der Waals surface area (Å²) in [6.45, 7) is 5.33. The van der Waals surface area contributed by atoms with Crippen LogP contribution in [0.2, 0.25) is 0 Å². The predicted molar refractivity (Wildman–Crippen MR) is 148 cm³/mol. The predicted octanol–water partition coefficient (Wildman–Crippen LogP) is -2.52. The van der Waals surface area contributed by atoms with E-state index in [4.69, 9.17) is 5.73 Å². The van der Waals surface area contributed by atoms with Gasteiger partial charge in [0.25, 0.3) is 0 Å². The third kappa shape index (κ3) is 5.85. The molecule has 4 aliphatic rings. The average Bonchev–Trinajstić information content (AvgIpc) is 3.73. The molecular formula is C25H36N10O6S. The van der Waals surface area contributed by atoms with E-state index in [0.717, 1.165) is 0 Å². The van der Waals surface area contributed by atoms with Crippen LogP contribution in [-0.2, 0) is 30.5 Å². The first kappa shape index (κ1) is 29.9. The van der Waals surface area contributed by atoms with Gasteiger partial charge in [-0.2, -0.15) is 0 Å². The van der Waals surface area contributed by atoms with Crippen LogP contribution in [0.3, 0.4) is 0 Å². The summed E-state index contributed by atoms with van der Waals surface area (Å²) < 4.78 is 1.27. The molecule has 1 aromatic rings. The van der Waals surface area contributed by atoms with E-state index in [9.17, 15) is 29.1 Å². The summed E-state index contributed by atoms with van der Waals surface area (Å²) in [5.74, 6) is -2.86. The van der Waals surface area contributed by atoms with E-state index in [1.165, 1.54) is 27.7 Å². The molecule has 0 saturated carbocycles. The highest BCUT2D eigenvalue weighted by Crippen LogP contribution is 2.51. The Balaban J connectivity index is 1.18. The van der Waals surface area contributed by atoms with Crippen LogP contribution in [0.1, 0.15) is 33.1 Å². The van der Waals surface area contributed by atoms with Crippen molar-refractivity contribution in [1.82, 2.24) is 46.0 Å². The number of nitrogens with two attached hydrogens (primary N) is 1. The maximum atomic E-state index is 13.2. The average molecular weight is 605 g/mol. The summed E-state index contributed by atoms with van der Waals surface area (Å²) in [5, 5.41) is 29.7. The molecule has 3 fully saturated rings. The van der Waals surface area contributed by atoms with Crippen molar-refractivity contribution in [1.29, 1.82) is 0 Å². The number of nitrogens with one attached hydrogen (secondary N) is 3. The number of amides is 4. The molecule has 7 atom stereocenters. The van der Waals surface area contributed by atoms with Crippen LogP contribution in [0.15, 0.2) is 16.9 Å². The van der Waals surface area contributed by atoms with Crippen LogP contribution in [0.5, 0.6) is 0 Å². The first-order valence-electron chi connectivity index (χ1n) is 14.1. The van der Waals surface area contributed by atoms with Crippen molar-refractivity contribution < 1.29 is 29.1 Å². The van der Waals surface area contributed by atoms with Crippen LogP contribution >= 0.6 is 11.8 Å². The number of fused-ring (bicyclic) bond motifs is 1. The lowest BCUT2D eigenvalue weighted by Gasteiger charge is -2.47. The molecule has 5 rings (SSSR count). The van der Waals surface area contributed by atoms with Crippen molar-refractivity contribution in [2.24, 2.45) is 17.6 Å². The maximum Gasteiger partial charge on any atom is 0.353 e. The number of tetrazole rings is 1. The number of carbonyl (C=O) groups excluding carboxylic acids is 4. The maximum absolute atomic E-state index is 13.2. The summed E-state index contributed by atoms with van der Waals surface area (Å²) in [6, 6.07) is -1.42. The van der Waals surface area contributed by atoms with Crippen LogP contribution in [0.4, 0.5) is 0 Å². The fourth-order valence-corrected chi connectivity index (χ4v) is 7.85. The molecule has 0 spiro atoms. The van der Waals surface area contributed by atoms with Gasteiger partial charge in [-0.3, -0.25) is 19.2 Å². The number of β-lactam (4-membered cyclic amide) rings is 1. The van der Waals surface area contributed by atoms with Crippen molar-refractivity contribution >= 4 is 41.4 Å². The number of aliphatic carboxylic acids is 1. The molecule has 4 amide bonds. The van der Waals surface area contributed by atoms with E-state index in [-0.39, 0.29) is 66.0 Å². The minimum absolute atomic E-state index is 0.0173. The van der Waals surface area contributed by atoms with Gasteiger partial charge in [0, 0.05) is 60.8 Å². The van der Waals surface area contributed by atoms with Crippen molar-refractivity contribution in [2.45, 2.75) is 69.1 Å². The topological polar surface area (TPSA) is 218 Å². The Hall–Kier alpha value is -3.57. The third-order valence-electron chi connectivity index (χ3n) is 8.33. The van der Waals surface area contributed by atoms with E-state index >= 15 is 0 Å². The second kappa shape index (κ2) is 12.3. The van der Waals surface area contributed by atoms with Crippen LogP contribution in [0, 0.1) is 11.8 Å². The van der Waals surface area contributed by atoms with Crippen LogP contribution in [-0.4, -0.2) is 120 Å². The molecule has 42 heavy (non-hydrogen) atoms. The molecule has 17 heteroatoms. The number of carboxylic acids is 1. The Morgan fingerprint density at radius 2 is 2.07 bits per heavy atom. The Bertz CT molecular complexity index is 1270. The fraction of sp³-hybridized carbons (Fsp3) is 0.680. The first-order valence-corrected chi connectivity index (χ1v) is 15.0. The Labute approximate surface area is 246 Å². The van der Waals surface area contributed by atoms with Gasteiger partial charge in [0.1, 0.15) is 18.6 Å². The highest BCUT2D eigenvalue weighted by atomic mass is 32.2. The van der Waals surface area contributed by atoms with Gasteiger partial charge in [0.2, 0.25) is 23.6 Å². The summed E-state index contributed by atoms with van der Waals surface area (Å²) in [6.07, 6.45) is 2.76. The van der Waals surface area contributed by atoms with Gasteiger partial charge in [0.05, 0.1) is 18.0 Å². The van der Waals surface area contributed by atoms with E-state index in [0.29, 0.717) is 37.4 Å². The number of carbonyl (C=O) groups is 5. The number of hydrogen-bond acceptors (Lipinski definition) is 11. The highest BCUT2D eigenvalue weighted by molar-refractivity contribution is 8.03. The summed E-state index contributed by atoms with van der Waals surface area (Å²) in [7, 11) is 0. The molecule has 0 aliphatic carbocycles. The number of nitrogens with zero attached hydrogens (tertiary/aromatic N) is 6. The Morgan fingerprint density at radius 3 is 2.76 bits per heavy atom. The van der Waals surface area contributed by atoms with Gasteiger partial charge >= 0.3 is 5.97 Å². The first-order chi connectivity index (χ1) is 20.1. The summed E-state index contributed by atoms with van der Waals surface area (Å²) in [5.41, 5.74) is 5.42. The van der Waals surface area contributed by atoms with Gasteiger partial charge in [-0.1, -0.05) is 6.92 Å².